The number of nitrogens with zero attached hydrogens (tertiary/aromatic N) is 4. The third-order valence-electron chi connectivity index (χ3n) is 4.88. The van der Waals surface area contributed by atoms with Crippen LogP contribution in [0, 0.1) is 0 Å². The van der Waals surface area contributed by atoms with Gasteiger partial charge >= 0.3 is 0 Å². The summed E-state index contributed by atoms with van der Waals surface area (Å²) in [7, 11) is 3.69. The molecule has 26 heavy (non-hydrogen) atoms. The van der Waals surface area contributed by atoms with E-state index in [0.717, 1.165) is 31.6 Å². The van der Waals surface area contributed by atoms with Crippen LogP contribution in [0.2, 0.25) is 0 Å². The summed E-state index contributed by atoms with van der Waals surface area (Å²) in [5, 5.41) is 13.8. The molecule has 0 spiro atoms. The van der Waals surface area contributed by atoms with Crippen LogP contribution in [-0.2, 0) is 27.4 Å². The smallest absolute Gasteiger partial charge is 0.221 e. The molecule has 2 heterocycles. The van der Waals surface area contributed by atoms with Gasteiger partial charge in [-0.3, -0.25) is 14.5 Å². The number of carbonyl (C=O) groups is 2. The number of hydrogen-bond donors (Lipinski definition) is 2. The second-order valence-corrected chi connectivity index (χ2v) is 6.76. The number of amides is 2. The lowest BCUT2D eigenvalue weighted by molar-refractivity contribution is -0.122. The van der Waals surface area contributed by atoms with E-state index in [1.807, 2.05) is 11.6 Å². The molecule has 2 N–H and O–H groups in total. The number of likely N-dealkylation sites (tertiary alicyclic amines) is 1. The van der Waals surface area contributed by atoms with Crippen molar-refractivity contribution in [2.75, 3.05) is 27.3 Å². The number of nitrogens with one attached hydrogen (secondary N) is 2. The number of methoxy groups -OCH3 is 1. The standard InChI is InChI=1S/C17H30N6O3/c1-13(24)18-10-15-6-5-14(22(15)2)9-17(25)19-11-16-21-20-12-23(16)7-4-8-26-3/h12,14-15H,4-11H2,1-3H3,(H,18,24)(H,19,25)/t14-,15+/m0/s1. The van der Waals surface area contributed by atoms with Gasteiger partial charge in [0.05, 0.1) is 6.54 Å². The Bertz CT molecular complexity index is 591. The van der Waals surface area contributed by atoms with Gasteiger partial charge in [0.25, 0.3) is 0 Å². The Labute approximate surface area is 154 Å². The molecule has 0 radical (unpaired) electrons. The van der Waals surface area contributed by atoms with Gasteiger partial charge in [-0.2, -0.15) is 0 Å². The zero-order valence-corrected chi connectivity index (χ0v) is 15.9. The summed E-state index contributed by atoms with van der Waals surface area (Å²) in [6, 6.07) is 0.494. The number of rotatable bonds is 10. The van der Waals surface area contributed by atoms with E-state index in [9.17, 15) is 9.59 Å². The highest BCUT2D eigenvalue weighted by Gasteiger charge is 2.31. The topological polar surface area (TPSA) is 101 Å². The highest BCUT2D eigenvalue weighted by Crippen LogP contribution is 2.24. The van der Waals surface area contributed by atoms with E-state index in [2.05, 4.69) is 25.7 Å². The Morgan fingerprint density at radius 2 is 2.08 bits per heavy atom. The molecule has 1 aliphatic heterocycles. The quantitative estimate of drug-likeness (QED) is 0.562. The van der Waals surface area contributed by atoms with Crippen LogP contribution < -0.4 is 10.6 Å². The summed E-state index contributed by atoms with van der Waals surface area (Å²) in [6.07, 6.45) is 4.95. The summed E-state index contributed by atoms with van der Waals surface area (Å²) in [5.74, 6) is 0.737. The van der Waals surface area contributed by atoms with Crippen LogP contribution in [-0.4, -0.2) is 70.9 Å². The fraction of sp³-hybridized carbons (Fsp3) is 0.765. The Hall–Kier alpha value is -2.00. The van der Waals surface area contributed by atoms with Crippen molar-refractivity contribution in [2.24, 2.45) is 0 Å². The summed E-state index contributed by atoms with van der Waals surface area (Å²) in [6.45, 7) is 3.97. The molecule has 2 amide bonds. The molecular formula is C17H30N6O3. The minimum Gasteiger partial charge on any atom is -0.385 e. The van der Waals surface area contributed by atoms with E-state index in [1.54, 1.807) is 13.4 Å². The fourth-order valence-electron chi connectivity index (χ4n) is 3.29. The van der Waals surface area contributed by atoms with Crippen LogP contribution in [0.3, 0.4) is 0 Å². The zero-order chi connectivity index (χ0) is 18.9. The van der Waals surface area contributed by atoms with Crippen molar-refractivity contribution in [1.29, 1.82) is 0 Å². The highest BCUT2D eigenvalue weighted by atomic mass is 16.5. The molecule has 0 saturated carbocycles. The molecular weight excluding hydrogens is 336 g/mol. The molecule has 1 saturated heterocycles. The van der Waals surface area contributed by atoms with Gasteiger partial charge in [0.2, 0.25) is 11.8 Å². The summed E-state index contributed by atoms with van der Waals surface area (Å²) in [5.41, 5.74) is 0. The normalized spacial score (nSPS) is 20.3. The Kier molecular flexibility index (Phi) is 7.99. The second kappa shape index (κ2) is 10.2. The van der Waals surface area contributed by atoms with E-state index >= 15 is 0 Å². The molecule has 1 aromatic heterocycles. The molecule has 2 rings (SSSR count). The first-order chi connectivity index (χ1) is 12.5. The van der Waals surface area contributed by atoms with Gasteiger partial charge in [-0.25, -0.2) is 0 Å². The maximum absolute atomic E-state index is 12.3. The number of aryl methyl sites for hydroxylation is 1. The maximum atomic E-state index is 12.3. The van der Waals surface area contributed by atoms with Crippen molar-refractivity contribution in [2.45, 2.75) is 57.8 Å². The molecule has 1 fully saturated rings. The van der Waals surface area contributed by atoms with Gasteiger partial charge in [0, 0.05) is 52.2 Å². The van der Waals surface area contributed by atoms with Crippen molar-refractivity contribution in [3.63, 3.8) is 0 Å². The summed E-state index contributed by atoms with van der Waals surface area (Å²) in [4.78, 5) is 25.6. The first-order valence-corrected chi connectivity index (χ1v) is 9.10. The van der Waals surface area contributed by atoms with Gasteiger partial charge in [-0.1, -0.05) is 0 Å². The monoisotopic (exact) mass is 366 g/mol. The summed E-state index contributed by atoms with van der Waals surface area (Å²) >= 11 is 0. The van der Waals surface area contributed by atoms with E-state index in [0.29, 0.717) is 32.2 Å². The van der Waals surface area contributed by atoms with Gasteiger partial charge in [-0.15, -0.1) is 10.2 Å². The second-order valence-electron chi connectivity index (χ2n) is 6.76. The van der Waals surface area contributed by atoms with Gasteiger partial charge in [0.15, 0.2) is 5.82 Å². The van der Waals surface area contributed by atoms with Crippen LogP contribution in [0.1, 0.15) is 38.4 Å². The Balaban J connectivity index is 1.74. The minimum atomic E-state index is -0.0193. The predicted octanol–water partition coefficient (Wildman–Crippen LogP) is -0.0802. The molecule has 9 nitrogen and oxygen atoms in total. The van der Waals surface area contributed by atoms with Crippen molar-refractivity contribution in [1.82, 2.24) is 30.3 Å². The molecule has 1 aromatic rings. The molecule has 9 heteroatoms. The van der Waals surface area contributed by atoms with Crippen LogP contribution in [0.5, 0.6) is 0 Å². The highest BCUT2D eigenvalue weighted by molar-refractivity contribution is 5.76. The number of ether oxygens (including phenoxy) is 1. The minimum absolute atomic E-state index is 0.00784. The largest absolute Gasteiger partial charge is 0.385 e. The van der Waals surface area contributed by atoms with Gasteiger partial charge in [0.1, 0.15) is 6.33 Å². The van der Waals surface area contributed by atoms with Crippen LogP contribution in [0.15, 0.2) is 6.33 Å². The first-order valence-electron chi connectivity index (χ1n) is 9.10. The molecule has 146 valence electrons. The number of carbonyl (C=O) groups excluding carboxylic acids is 2. The van der Waals surface area contributed by atoms with Crippen molar-refractivity contribution in [3.8, 4) is 0 Å². The molecule has 0 bridgehead atoms. The third kappa shape index (κ3) is 6.06. The van der Waals surface area contributed by atoms with Crippen LogP contribution in [0.25, 0.3) is 0 Å². The molecule has 0 unspecified atom stereocenters. The Morgan fingerprint density at radius 3 is 2.81 bits per heavy atom. The van der Waals surface area contributed by atoms with Gasteiger partial charge < -0.3 is 19.9 Å². The Morgan fingerprint density at radius 1 is 1.31 bits per heavy atom. The van der Waals surface area contributed by atoms with Crippen molar-refractivity contribution < 1.29 is 14.3 Å². The molecule has 0 aromatic carbocycles. The van der Waals surface area contributed by atoms with E-state index in [4.69, 9.17) is 4.74 Å². The lowest BCUT2D eigenvalue weighted by atomic mass is 10.1. The van der Waals surface area contributed by atoms with Crippen LogP contribution in [0.4, 0.5) is 0 Å². The van der Waals surface area contributed by atoms with Gasteiger partial charge in [-0.05, 0) is 26.3 Å². The number of likely N-dealkylation sites (N-methyl/N-ethyl adjacent to an activating group) is 1. The molecule has 0 aliphatic carbocycles. The summed E-state index contributed by atoms with van der Waals surface area (Å²) < 4.78 is 6.98. The van der Waals surface area contributed by atoms with E-state index in [-0.39, 0.29) is 17.9 Å². The average molecular weight is 366 g/mol. The third-order valence-corrected chi connectivity index (χ3v) is 4.88. The molecule has 2 atom stereocenters. The lowest BCUT2D eigenvalue weighted by Crippen LogP contribution is -2.42. The lowest BCUT2D eigenvalue weighted by Gasteiger charge is -2.25. The SMILES string of the molecule is COCCCn1cnnc1CNC(=O)C[C@@H]1CC[C@H](CNC(C)=O)N1C. The number of hydrogen-bond acceptors (Lipinski definition) is 6. The zero-order valence-electron chi connectivity index (χ0n) is 15.9. The predicted molar refractivity (Wildman–Crippen MR) is 96.2 cm³/mol. The van der Waals surface area contributed by atoms with Crippen molar-refractivity contribution >= 4 is 11.8 Å². The van der Waals surface area contributed by atoms with E-state index in [1.165, 1.54) is 6.92 Å². The maximum Gasteiger partial charge on any atom is 0.221 e. The van der Waals surface area contributed by atoms with Crippen LogP contribution >= 0.6 is 0 Å². The average Bonchev–Trinajstić information content (AvgIpc) is 3.19. The van der Waals surface area contributed by atoms with Crippen molar-refractivity contribution in [3.05, 3.63) is 12.2 Å². The fourth-order valence-corrected chi connectivity index (χ4v) is 3.29. The first kappa shape index (κ1) is 20.3. The van der Waals surface area contributed by atoms with E-state index < -0.39 is 0 Å². The molecule has 1 aliphatic rings. The number of aromatic nitrogens is 3.